The Morgan fingerprint density at radius 2 is 1.48 bits per heavy atom. The van der Waals surface area contributed by atoms with E-state index < -0.39 is 0 Å². The van der Waals surface area contributed by atoms with Crippen LogP contribution in [-0.2, 0) is 0 Å². The minimum Gasteiger partial charge on any atom is -0.512 e. The van der Waals surface area contributed by atoms with Crippen LogP contribution < -0.4 is 0 Å². The number of para-hydroxylation sites is 1. The topological polar surface area (TPSA) is 33.1 Å². The van der Waals surface area contributed by atoms with E-state index in [1.807, 2.05) is 51.1 Å². The highest BCUT2D eigenvalue weighted by atomic mass is 16.3. The summed E-state index contributed by atoms with van der Waals surface area (Å²) in [6.07, 6.45) is 1.79. The van der Waals surface area contributed by atoms with Gasteiger partial charge in [-0.25, -0.2) is 4.98 Å². The van der Waals surface area contributed by atoms with Gasteiger partial charge in [0.25, 0.3) is 0 Å². The summed E-state index contributed by atoms with van der Waals surface area (Å²) in [4.78, 5) is 4.72. The number of nitrogens with zero attached hydrogens (tertiary/aromatic N) is 1. The molecule has 0 aliphatic carbocycles. The molecule has 0 amide bonds. The van der Waals surface area contributed by atoms with E-state index in [0.717, 1.165) is 27.4 Å². The summed E-state index contributed by atoms with van der Waals surface area (Å²) in [7, 11) is 0. The van der Waals surface area contributed by atoms with Gasteiger partial charge in [0.2, 0.25) is 0 Å². The number of allylic oxidation sites excluding steroid dienone is 1. The molecule has 0 aliphatic heterocycles. The van der Waals surface area contributed by atoms with Crippen molar-refractivity contribution >= 4 is 27.8 Å². The molecule has 0 atom stereocenters. The summed E-state index contributed by atoms with van der Waals surface area (Å²) in [5.41, 5.74) is 1.48. The normalized spacial score (nSPS) is 13.0. The zero-order valence-electron chi connectivity index (χ0n) is 12.6. The van der Waals surface area contributed by atoms with Crippen LogP contribution in [0, 0.1) is 5.41 Å². The van der Waals surface area contributed by atoms with E-state index in [-0.39, 0.29) is 5.41 Å². The molecule has 0 saturated carbocycles. The molecule has 0 saturated heterocycles. The van der Waals surface area contributed by atoms with Crippen molar-refractivity contribution < 1.29 is 5.11 Å². The standard InChI is InChI=1S/C19H19NO/c1-19(2,3)18(21)12-17-15-10-5-4-8-13(15)14-9-6-7-11-16(14)20-17/h4-12,21H,1-3H3/b18-12-. The van der Waals surface area contributed by atoms with Crippen molar-refractivity contribution in [3.8, 4) is 0 Å². The molecule has 0 spiro atoms. The molecule has 2 nitrogen and oxygen atoms in total. The van der Waals surface area contributed by atoms with Gasteiger partial charge in [-0.15, -0.1) is 0 Å². The van der Waals surface area contributed by atoms with Gasteiger partial charge in [-0.2, -0.15) is 0 Å². The first-order valence-electron chi connectivity index (χ1n) is 7.15. The molecule has 0 unspecified atom stereocenters. The average molecular weight is 277 g/mol. The van der Waals surface area contributed by atoms with Crippen molar-refractivity contribution in [1.82, 2.24) is 4.98 Å². The third kappa shape index (κ3) is 2.49. The molecule has 1 heterocycles. The third-order valence-corrected chi connectivity index (χ3v) is 3.68. The Bertz CT molecular complexity index is 841. The molecule has 2 aromatic carbocycles. The van der Waals surface area contributed by atoms with Crippen LogP contribution in [0.4, 0.5) is 0 Å². The number of pyridine rings is 1. The minimum absolute atomic E-state index is 0.283. The number of aromatic nitrogens is 1. The van der Waals surface area contributed by atoms with Crippen molar-refractivity contribution in [3.05, 3.63) is 60.0 Å². The quantitative estimate of drug-likeness (QED) is 0.481. The number of rotatable bonds is 1. The van der Waals surface area contributed by atoms with Crippen molar-refractivity contribution in [3.63, 3.8) is 0 Å². The van der Waals surface area contributed by atoms with Crippen LogP contribution in [-0.4, -0.2) is 10.1 Å². The second-order valence-electron chi connectivity index (χ2n) is 6.34. The lowest BCUT2D eigenvalue weighted by atomic mass is 9.92. The van der Waals surface area contributed by atoms with Crippen LogP contribution in [0.5, 0.6) is 0 Å². The molecule has 3 rings (SSSR count). The molecule has 0 radical (unpaired) electrons. The zero-order chi connectivity index (χ0) is 15.0. The smallest absolute Gasteiger partial charge is 0.0997 e. The number of benzene rings is 2. The number of hydrogen-bond acceptors (Lipinski definition) is 2. The summed E-state index contributed by atoms with van der Waals surface area (Å²) in [5.74, 6) is 0.343. The number of hydrogen-bond donors (Lipinski definition) is 1. The van der Waals surface area contributed by atoms with E-state index in [1.165, 1.54) is 0 Å². The lowest BCUT2D eigenvalue weighted by molar-refractivity contribution is 0.282. The highest BCUT2D eigenvalue weighted by Crippen LogP contribution is 2.30. The highest BCUT2D eigenvalue weighted by Gasteiger charge is 2.17. The summed E-state index contributed by atoms with van der Waals surface area (Å²) >= 11 is 0. The van der Waals surface area contributed by atoms with Gasteiger partial charge in [-0.1, -0.05) is 63.2 Å². The molecule has 1 N–H and O–H groups in total. The van der Waals surface area contributed by atoms with E-state index in [9.17, 15) is 5.11 Å². The van der Waals surface area contributed by atoms with Crippen LogP contribution in [0.3, 0.4) is 0 Å². The molecule has 106 valence electrons. The van der Waals surface area contributed by atoms with Gasteiger partial charge >= 0.3 is 0 Å². The third-order valence-electron chi connectivity index (χ3n) is 3.68. The van der Waals surface area contributed by atoms with E-state index in [1.54, 1.807) is 6.08 Å². The summed E-state index contributed by atoms with van der Waals surface area (Å²) in [5, 5.41) is 13.7. The molecule has 2 heteroatoms. The second kappa shape index (κ2) is 4.88. The zero-order valence-corrected chi connectivity index (χ0v) is 12.6. The van der Waals surface area contributed by atoms with Gasteiger partial charge in [-0.3, -0.25) is 0 Å². The molecule has 0 aliphatic rings. The van der Waals surface area contributed by atoms with Gasteiger partial charge in [0.15, 0.2) is 0 Å². The Balaban J connectivity index is 2.36. The number of aliphatic hydroxyl groups excluding tert-OH is 1. The van der Waals surface area contributed by atoms with Crippen molar-refractivity contribution in [2.75, 3.05) is 0 Å². The summed E-state index contributed by atoms with van der Waals surface area (Å²) in [6.45, 7) is 5.96. The number of fused-ring (bicyclic) bond motifs is 3. The Hall–Kier alpha value is -2.35. The minimum atomic E-state index is -0.283. The van der Waals surface area contributed by atoms with Crippen LogP contribution in [0.1, 0.15) is 26.5 Å². The van der Waals surface area contributed by atoms with Crippen LogP contribution in [0.2, 0.25) is 0 Å². The fraction of sp³-hybridized carbons (Fsp3) is 0.211. The Morgan fingerprint density at radius 3 is 2.14 bits per heavy atom. The van der Waals surface area contributed by atoms with Crippen LogP contribution >= 0.6 is 0 Å². The summed E-state index contributed by atoms with van der Waals surface area (Å²) < 4.78 is 0. The average Bonchev–Trinajstić information content (AvgIpc) is 2.46. The maximum atomic E-state index is 10.3. The molecule has 0 fully saturated rings. The SMILES string of the molecule is CC(C)(C)/C(O)=C/c1nc2ccccc2c2ccccc12. The van der Waals surface area contributed by atoms with Crippen molar-refractivity contribution in [1.29, 1.82) is 0 Å². The Kier molecular flexibility index (Phi) is 3.17. The van der Waals surface area contributed by atoms with Gasteiger partial charge in [0.1, 0.15) is 0 Å². The van der Waals surface area contributed by atoms with E-state index in [4.69, 9.17) is 4.98 Å². The van der Waals surface area contributed by atoms with Gasteiger partial charge in [0, 0.05) is 22.3 Å². The largest absolute Gasteiger partial charge is 0.512 e. The Labute approximate surface area is 124 Å². The first kappa shape index (κ1) is 13.6. The highest BCUT2D eigenvalue weighted by molar-refractivity contribution is 6.08. The Morgan fingerprint density at radius 1 is 0.905 bits per heavy atom. The van der Waals surface area contributed by atoms with Crippen LogP contribution in [0.15, 0.2) is 54.3 Å². The molecule has 1 aromatic heterocycles. The fourth-order valence-corrected chi connectivity index (χ4v) is 2.39. The maximum Gasteiger partial charge on any atom is 0.0997 e. The maximum absolute atomic E-state index is 10.3. The fourth-order valence-electron chi connectivity index (χ4n) is 2.39. The lowest BCUT2D eigenvalue weighted by Gasteiger charge is -2.17. The van der Waals surface area contributed by atoms with Crippen molar-refractivity contribution in [2.24, 2.45) is 5.41 Å². The first-order valence-corrected chi connectivity index (χ1v) is 7.15. The van der Waals surface area contributed by atoms with Crippen molar-refractivity contribution in [2.45, 2.75) is 20.8 Å². The van der Waals surface area contributed by atoms with E-state index in [2.05, 4.69) is 18.2 Å². The predicted molar refractivity (Wildman–Crippen MR) is 89.3 cm³/mol. The van der Waals surface area contributed by atoms with E-state index in [0.29, 0.717) is 5.76 Å². The van der Waals surface area contributed by atoms with E-state index >= 15 is 0 Å². The second-order valence-corrected chi connectivity index (χ2v) is 6.34. The summed E-state index contributed by atoms with van der Waals surface area (Å²) in [6, 6.07) is 16.3. The molecule has 21 heavy (non-hydrogen) atoms. The van der Waals surface area contributed by atoms with Gasteiger partial charge < -0.3 is 5.11 Å². The number of aliphatic hydroxyl groups is 1. The molecular formula is C19H19NO. The monoisotopic (exact) mass is 277 g/mol. The molecular weight excluding hydrogens is 258 g/mol. The van der Waals surface area contributed by atoms with Gasteiger partial charge in [0.05, 0.1) is 17.0 Å². The lowest BCUT2D eigenvalue weighted by Crippen LogP contribution is -2.08. The first-order chi connectivity index (χ1) is 9.97. The molecule has 3 aromatic rings. The molecule has 0 bridgehead atoms. The van der Waals surface area contributed by atoms with Crippen LogP contribution in [0.25, 0.3) is 27.8 Å². The predicted octanol–water partition coefficient (Wildman–Crippen LogP) is 5.33. The van der Waals surface area contributed by atoms with Gasteiger partial charge in [-0.05, 0) is 11.5 Å².